The summed E-state index contributed by atoms with van der Waals surface area (Å²) < 4.78 is 0. The molecule has 0 heterocycles. The molecule has 0 radical (unpaired) electrons. The molecule has 0 saturated carbocycles. The minimum atomic E-state index is -1.07. The van der Waals surface area contributed by atoms with E-state index in [9.17, 15) is 0 Å². The van der Waals surface area contributed by atoms with Crippen molar-refractivity contribution in [3.8, 4) is 0 Å². The molecule has 0 atom stereocenters. The molecule has 0 saturated heterocycles. The van der Waals surface area contributed by atoms with Crippen LogP contribution in [0.25, 0.3) is 0 Å². The molecule has 0 unspecified atom stereocenters. The highest BCUT2D eigenvalue weighted by atomic mass is 16.7. The zero-order valence-corrected chi connectivity index (χ0v) is 3.16. The largest absolute Gasteiger partial charge is 0.512 e. The Balaban J connectivity index is 0. The van der Waals surface area contributed by atoms with E-state index in [0.29, 0.717) is 0 Å². The predicted octanol–water partition coefficient (Wildman–Crippen LogP) is -0.747. The van der Waals surface area contributed by atoms with Gasteiger partial charge in [0.05, 0.1) is 0 Å². The molecular weight excluding hydrogens is 102 g/mol. The monoisotopic (exact) mass is 104 g/mol. The lowest BCUT2D eigenvalue weighted by Gasteiger charge is -1.74. The van der Waals surface area contributed by atoms with Crippen LogP contribution in [0.4, 0.5) is 0 Å². The van der Waals surface area contributed by atoms with E-state index in [-0.39, 0.29) is 0 Å². The lowest BCUT2D eigenvalue weighted by molar-refractivity contribution is -0.600. The van der Waals surface area contributed by atoms with Gasteiger partial charge in [-0.05, 0) is 5.59 Å². The van der Waals surface area contributed by atoms with Crippen LogP contribution in [0.15, 0.2) is 0 Å². The SMILES string of the molecule is O=[N+]([O-])NO.[C-]#N. The molecule has 0 aliphatic heterocycles. The average molecular weight is 104 g/mol. The number of rotatable bonds is 1. The van der Waals surface area contributed by atoms with Crippen molar-refractivity contribution in [3.05, 3.63) is 16.7 Å². The summed E-state index contributed by atoms with van der Waals surface area (Å²) in [6, 6.07) is 0. The van der Waals surface area contributed by atoms with Crippen LogP contribution in [-0.4, -0.2) is 10.2 Å². The van der Waals surface area contributed by atoms with Crippen LogP contribution in [0.1, 0.15) is 0 Å². The number of hydrazine groups is 1. The van der Waals surface area contributed by atoms with Gasteiger partial charge in [-0.1, -0.05) is 0 Å². The van der Waals surface area contributed by atoms with Crippen LogP contribution in [0.5, 0.6) is 0 Å². The molecule has 40 valence electrons. The van der Waals surface area contributed by atoms with Gasteiger partial charge in [-0.15, -0.1) is 0 Å². The van der Waals surface area contributed by atoms with Gasteiger partial charge >= 0.3 is 0 Å². The van der Waals surface area contributed by atoms with Gasteiger partial charge in [0.2, 0.25) is 0 Å². The predicted molar refractivity (Wildman–Crippen MR) is 16.9 cm³/mol. The summed E-state index contributed by atoms with van der Waals surface area (Å²) in [6.07, 6.45) is 0. The van der Waals surface area contributed by atoms with Crippen LogP contribution in [0, 0.1) is 21.9 Å². The molecule has 0 aromatic heterocycles. The maximum absolute atomic E-state index is 8.81. The first-order chi connectivity index (χ1) is 3.27. The Bertz CT molecular complexity index is 67.8. The molecule has 0 rings (SSSR count). The highest BCUT2D eigenvalue weighted by Crippen LogP contribution is 1.41. The first kappa shape index (κ1) is 9.17. The van der Waals surface area contributed by atoms with E-state index in [1.54, 1.807) is 0 Å². The molecule has 6 nitrogen and oxygen atoms in total. The van der Waals surface area contributed by atoms with Gasteiger partial charge in [0.1, 0.15) is 0 Å². The van der Waals surface area contributed by atoms with Crippen molar-refractivity contribution >= 4 is 0 Å². The fourth-order valence-corrected chi connectivity index (χ4v) is 0. The molecule has 2 N–H and O–H groups in total. The van der Waals surface area contributed by atoms with Crippen molar-refractivity contribution in [2.24, 2.45) is 0 Å². The highest BCUT2D eigenvalue weighted by Gasteiger charge is 1.75. The quantitative estimate of drug-likeness (QED) is 0.259. The van der Waals surface area contributed by atoms with E-state index >= 15 is 0 Å². The zero-order valence-electron chi connectivity index (χ0n) is 3.16. The Morgan fingerprint density at radius 2 is 2.00 bits per heavy atom. The minimum absolute atomic E-state index is 0.750. The van der Waals surface area contributed by atoms with E-state index in [1.807, 2.05) is 0 Å². The molecule has 0 aliphatic carbocycles. The molecule has 0 aromatic rings. The minimum Gasteiger partial charge on any atom is -0.512 e. The fourth-order valence-electron chi connectivity index (χ4n) is 0. The lowest BCUT2D eigenvalue weighted by Crippen LogP contribution is -2.14. The van der Waals surface area contributed by atoms with Gasteiger partial charge in [0.15, 0.2) is 5.03 Å². The second-order valence-electron chi connectivity index (χ2n) is 0.357. The van der Waals surface area contributed by atoms with Gasteiger partial charge in [0.25, 0.3) is 0 Å². The van der Waals surface area contributed by atoms with Gasteiger partial charge < -0.3 is 11.8 Å². The van der Waals surface area contributed by atoms with E-state index in [2.05, 4.69) is 0 Å². The Morgan fingerprint density at radius 3 is 2.00 bits per heavy atom. The molecule has 0 spiro atoms. The second kappa shape index (κ2) is 8.82. The summed E-state index contributed by atoms with van der Waals surface area (Å²) >= 11 is 0. The maximum Gasteiger partial charge on any atom is 0.184 e. The van der Waals surface area contributed by atoms with Crippen molar-refractivity contribution in [1.29, 1.82) is 5.26 Å². The van der Waals surface area contributed by atoms with E-state index in [0.717, 1.165) is 5.59 Å². The smallest absolute Gasteiger partial charge is 0.184 e. The second-order valence-corrected chi connectivity index (χ2v) is 0.357. The zero-order chi connectivity index (χ0) is 6.28. The van der Waals surface area contributed by atoms with Crippen molar-refractivity contribution < 1.29 is 10.2 Å². The third-order valence-corrected chi connectivity index (χ3v) is 0.0816. The van der Waals surface area contributed by atoms with Crippen LogP contribution >= 0.6 is 0 Å². The number of nitrogens with one attached hydrogen (secondary N) is 1. The van der Waals surface area contributed by atoms with Crippen LogP contribution < -0.4 is 5.59 Å². The third kappa shape index (κ3) is 77.3. The molecule has 6 heteroatoms. The van der Waals surface area contributed by atoms with Crippen LogP contribution in [0.2, 0.25) is 0 Å². The molecule has 7 heavy (non-hydrogen) atoms. The van der Waals surface area contributed by atoms with Gasteiger partial charge in [0, 0.05) is 0 Å². The Morgan fingerprint density at radius 1 is 1.86 bits per heavy atom. The van der Waals surface area contributed by atoms with Gasteiger partial charge in [-0.2, -0.15) is 0 Å². The van der Waals surface area contributed by atoms with Crippen LogP contribution in [-0.2, 0) is 0 Å². The summed E-state index contributed by atoms with van der Waals surface area (Å²) in [5.74, 6) is 0. The van der Waals surface area contributed by atoms with E-state index < -0.39 is 5.03 Å². The topological polar surface area (TPSA) is 99.2 Å². The van der Waals surface area contributed by atoms with E-state index in [4.69, 9.17) is 27.2 Å². The molecule has 0 aliphatic rings. The Kier molecular flexibility index (Phi) is 11.6. The fraction of sp³-hybridized carbons (Fsp3) is 0. The lowest BCUT2D eigenvalue weighted by atomic mass is 11.9. The Hall–Kier alpha value is -1.35. The van der Waals surface area contributed by atoms with Crippen molar-refractivity contribution in [3.63, 3.8) is 0 Å². The molecule has 0 fully saturated rings. The van der Waals surface area contributed by atoms with Gasteiger partial charge in [-0.25, -0.2) is 15.3 Å². The first-order valence-corrected chi connectivity index (χ1v) is 1.04. The first-order valence-electron chi connectivity index (χ1n) is 1.04. The summed E-state index contributed by atoms with van der Waals surface area (Å²) in [7, 11) is 0. The summed E-state index contributed by atoms with van der Waals surface area (Å²) in [4.78, 5) is 8.81. The molecule has 0 amide bonds. The van der Waals surface area contributed by atoms with Gasteiger partial charge in [-0.3, -0.25) is 0 Å². The number of nitrogens with zero attached hydrogens (tertiary/aromatic N) is 2. The maximum atomic E-state index is 8.81. The molecule has 0 bridgehead atoms. The third-order valence-electron chi connectivity index (χ3n) is 0.0816. The molecule has 0 aromatic carbocycles. The summed E-state index contributed by atoms with van der Waals surface area (Å²) in [5, 5.41) is 21.2. The van der Waals surface area contributed by atoms with Crippen molar-refractivity contribution in [2.75, 3.05) is 0 Å². The van der Waals surface area contributed by atoms with Crippen LogP contribution in [0.3, 0.4) is 0 Å². The average Bonchev–Trinajstić information content (AvgIpc) is 1.73. The number of hydrogen-bond acceptors (Lipinski definition) is 4. The molecular formula is CH2N3O3-. The van der Waals surface area contributed by atoms with Crippen molar-refractivity contribution in [2.45, 2.75) is 0 Å². The summed E-state index contributed by atoms with van der Waals surface area (Å²) in [5.41, 5.74) is 0.750. The number of hydrogen-bond donors (Lipinski definition) is 2. The summed E-state index contributed by atoms with van der Waals surface area (Å²) in [6.45, 7) is 4.75. The van der Waals surface area contributed by atoms with E-state index in [1.165, 1.54) is 0 Å². The normalized spacial score (nSPS) is 5.00. The van der Waals surface area contributed by atoms with Crippen molar-refractivity contribution in [1.82, 2.24) is 5.59 Å². The number of nitro groups is 1. The Labute approximate surface area is 39.1 Å². The highest BCUT2D eigenvalue weighted by molar-refractivity contribution is 3.89. The standard InChI is InChI=1S/CN.H2N2O3/c1-2;3-1-2(4)5/h;1,3H/q-1;.